The molecule has 0 aliphatic carbocycles. The number of halogens is 1. The van der Waals surface area contributed by atoms with Gasteiger partial charge in [-0.1, -0.05) is 42.0 Å². The maximum absolute atomic E-state index is 12.9. The zero-order chi connectivity index (χ0) is 13.7. The number of hydrogen-bond acceptors (Lipinski definition) is 2. The first kappa shape index (κ1) is 13.7. The topological polar surface area (TPSA) is 38.0 Å². The Morgan fingerprint density at radius 3 is 2.37 bits per heavy atom. The molecule has 0 aliphatic heterocycles. The van der Waals surface area contributed by atoms with Crippen LogP contribution in [0, 0.1) is 12.7 Å². The van der Waals surface area contributed by atoms with Gasteiger partial charge in [-0.25, -0.2) is 4.39 Å². The van der Waals surface area contributed by atoms with Crippen LogP contribution < -0.4 is 11.3 Å². The first-order valence-corrected chi connectivity index (χ1v) is 6.43. The molecule has 0 amide bonds. The average Bonchev–Trinajstić information content (AvgIpc) is 2.40. The van der Waals surface area contributed by atoms with Gasteiger partial charge in [-0.2, -0.15) is 0 Å². The summed E-state index contributed by atoms with van der Waals surface area (Å²) in [5.74, 6) is 5.40. The average molecular weight is 258 g/mol. The van der Waals surface area contributed by atoms with Crippen molar-refractivity contribution in [2.24, 2.45) is 5.84 Å². The van der Waals surface area contributed by atoms with Crippen LogP contribution >= 0.6 is 0 Å². The molecule has 2 nitrogen and oxygen atoms in total. The standard InChI is InChI=1S/C16H19FN2/c1-12-3-2-4-14(9-12)11-16(19-18)10-13-5-7-15(17)8-6-13/h2-9,16,19H,10-11,18H2,1H3. The third-order valence-electron chi connectivity index (χ3n) is 3.20. The Labute approximate surface area is 113 Å². The lowest BCUT2D eigenvalue weighted by Crippen LogP contribution is -2.38. The van der Waals surface area contributed by atoms with Gasteiger partial charge in [0, 0.05) is 6.04 Å². The molecule has 0 radical (unpaired) electrons. The summed E-state index contributed by atoms with van der Waals surface area (Å²) in [5.41, 5.74) is 6.42. The van der Waals surface area contributed by atoms with Crippen LogP contribution in [0.2, 0.25) is 0 Å². The molecular weight excluding hydrogens is 239 g/mol. The molecule has 19 heavy (non-hydrogen) atoms. The molecule has 0 aliphatic rings. The van der Waals surface area contributed by atoms with Crippen molar-refractivity contribution in [3.8, 4) is 0 Å². The summed E-state index contributed by atoms with van der Waals surface area (Å²) in [4.78, 5) is 0. The molecule has 0 aromatic heterocycles. The fraction of sp³-hybridized carbons (Fsp3) is 0.250. The van der Waals surface area contributed by atoms with E-state index in [0.717, 1.165) is 18.4 Å². The molecule has 1 atom stereocenters. The van der Waals surface area contributed by atoms with Crippen LogP contribution in [-0.2, 0) is 12.8 Å². The van der Waals surface area contributed by atoms with Gasteiger partial charge >= 0.3 is 0 Å². The summed E-state index contributed by atoms with van der Waals surface area (Å²) in [5, 5.41) is 0. The normalized spacial score (nSPS) is 12.4. The summed E-state index contributed by atoms with van der Waals surface area (Å²) < 4.78 is 12.9. The molecule has 3 heteroatoms. The van der Waals surface area contributed by atoms with Gasteiger partial charge in [0.15, 0.2) is 0 Å². The van der Waals surface area contributed by atoms with E-state index in [0.29, 0.717) is 0 Å². The first-order chi connectivity index (χ1) is 9.17. The number of hydrazine groups is 1. The fourth-order valence-electron chi connectivity index (χ4n) is 2.22. The monoisotopic (exact) mass is 258 g/mol. The molecule has 0 bridgehead atoms. The highest BCUT2D eigenvalue weighted by molar-refractivity contribution is 5.24. The zero-order valence-electron chi connectivity index (χ0n) is 11.1. The predicted molar refractivity (Wildman–Crippen MR) is 76.1 cm³/mol. The molecule has 100 valence electrons. The number of nitrogens with one attached hydrogen (secondary N) is 1. The Bertz CT molecular complexity index is 523. The van der Waals surface area contributed by atoms with Gasteiger partial charge in [0.1, 0.15) is 5.82 Å². The van der Waals surface area contributed by atoms with Crippen molar-refractivity contribution >= 4 is 0 Å². The third-order valence-corrected chi connectivity index (χ3v) is 3.20. The van der Waals surface area contributed by atoms with Crippen LogP contribution in [-0.4, -0.2) is 6.04 Å². The van der Waals surface area contributed by atoms with E-state index in [1.807, 2.05) is 0 Å². The SMILES string of the molecule is Cc1cccc(CC(Cc2ccc(F)cc2)NN)c1. The number of nitrogens with two attached hydrogens (primary N) is 1. The van der Waals surface area contributed by atoms with Crippen molar-refractivity contribution in [3.63, 3.8) is 0 Å². The molecule has 0 heterocycles. The quantitative estimate of drug-likeness (QED) is 0.639. The minimum atomic E-state index is -0.209. The third kappa shape index (κ3) is 4.16. The van der Waals surface area contributed by atoms with E-state index in [9.17, 15) is 4.39 Å². The van der Waals surface area contributed by atoms with Crippen LogP contribution in [0.5, 0.6) is 0 Å². The summed E-state index contributed by atoms with van der Waals surface area (Å²) in [7, 11) is 0. The Balaban J connectivity index is 2.02. The lowest BCUT2D eigenvalue weighted by atomic mass is 9.98. The zero-order valence-corrected chi connectivity index (χ0v) is 11.1. The van der Waals surface area contributed by atoms with Crippen LogP contribution in [0.1, 0.15) is 16.7 Å². The smallest absolute Gasteiger partial charge is 0.123 e. The van der Waals surface area contributed by atoms with Crippen molar-refractivity contribution in [2.45, 2.75) is 25.8 Å². The van der Waals surface area contributed by atoms with Crippen molar-refractivity contribution < 1.29 is 4.39 Å². The van der Waals surface area contributed by atoms with Gasteiger partial charge < -0.3 is 0 Å². The van der Waals surface area contributed by atoms with Gasteiger partial charge in [-0.15, -0.1) is 0 Å². The number of benzene rings is 2. The van der Waals surface area contributed by atoms with Gasteiger partial charge in [-0.05, 0) is 43.0 Å². The summed E-state index contributed by atoms with van der Waals surface area (Å²) >= 11 is 0. The predicted octanol–water partition coefficient (Wildman–Crippen LogP) is 2.75. The maximum Gasteiger partial charge on any atom is 0.123 e. The summed E-state index contributed by atoms with van der Waals surface area (Å²) in [6.07, 6.45) is 1.64. The molecular formula is C16H19FN2. The van der Waals surface area contributed by atoms with E-state index in [1.165, 1.54) is 23.3 Å². The molecule has 0 spiro atoms. The number of rotatable bonds is 5. The Morgan fingerprint density at radius 1 is 1.05 bits per heavy atom. The van der Waals surface area contributed by atoms with Gasteiger partial charge in [-0.3, -0.25) is 11.3 Å². The fourth-order valence-corrected chi connectivity index (χ4v) is 2.22. The molecule has 0 fully saturated rings. The van der Waals surface area contributed by atoms with Gasteiger partial charge in [0.2, 0.25) is 0 Å². The molecule has 2 rings (SSSR count). The van der Waals surface area contributed by atoms with Gasteiger partial charge in [0.05, 0.1) is 0 Å². The maximum atomic E-state index is 12.9. The van der Waals surface area contributed by atoms with Crippen molar-refractivity contribution in [1.29, 1.82) is 0 Å². The van der Waals surface area contributed by atoms with Gasteiger partial charge in [0.25, 0.3) is 0 Å². The largest absolute Gasteiger partial charge is 0.271 e. The van der Waals surface area contributed by atoms with E-state index < -0.39 is 0 Å². The molecule has 1 unspecified atom stereocenters. The first-order valence-electron chi connectivity index (χ1n) is 6.43. The second-order valence-electron chi connectivity index (χ2n) is 4.89. The molecule has 0 saturated carbocycles. The van der Waals surface area contributed by atoms with Crippen LogP contribution in [0.25, 0.3) is 0 Å². The molecule has 3 N–H and O–H groups in total. The molecule has 0 saturated heterocycles. The van der Waals surface area contributed by atoms with Crippen LogP contribution in [0.15, 0.2) is 48.5 Å². The van der Waals surface area contributed by atoms with E-state index in [2.05, 4.69) is 36.6 Å². The van der Waals surface area contributed by atoms with Crippen molar-refractivity contribution in [3.05, 3.63) is 71.0 Å². The van der Waals surface area contributed by atoms with E-state index in [4.69, 9.17) is 5.84 Å². The van der Waals surface area contributed by atoms with E-state index in [-0.39, 0.29) is 11.9 Å². The summed E-state index contributed by atoms with van der Waals surface area (Å²) in [6, 6.07) is 15.1. The van der Waals surface area contributed by atoms with Crippen molar-refractivity contribution in [2.75, 3.05) is 0 Å². The molecule has 2 aromatic carbocycles. The molecule has 2 aromatic rings. The van der Waals surface area contributed by atoms with E-state index >= 15 is 0 Å². The highest BCUT2D eigenvalue weighted by Crippen LogP contribution is 2.11. The summed E-state index contributed by atoms with van der Waals surface area (Å²) in [6.45, 7) is 2.08. The van der Waals surface area contributed by atoms with E-state index in [1.54, 1.807) is 12.1 Å². The Hall–Kier alpha value is -1.71. The minimum absolute atomic E-state index is 0.146. The Morgan fingerprint density at radius 2 is 1.74 bits per heavy atom. The van der Waals surface area contributed by atoms with Crippen molar-refractivity contribution in [1.82, 2.24) is 5.43 Å². The van der Waals surface area contributed by atoms with Crippen LogP contribution in [0.3, 0.4) is 0 Å². The lowest BCUT2D eigenvalue weighted by molar-refractivity contribution is 0.522. The lowest BCUT2D eigenvalue weighted by Gasteiger charge is -2.16. The second kappa shape index (κ2) is 6.45. The van der Waals surface area contributed by atoms with Crippen LogP contribution in [0.4, 0.5) is 4.39 Å². The number of hydrogen-bond donors (Lipinski definition) is 2. The minimum Gasteiger partial charge on any atom is -0.271 e. The Kier molecular flexibility index (Phi) is 4.66. The highest BCUT2D eigenvalue weighted by atomic mass is 19.1. The second-order valence-corrected chi connectivity index (χ2v) is 4.89. The highest BCUT2D eigenvalue weighted by Gasteiger charge is 2.09. The number of aryl methyl sites for hydroxylation is 1.